The summed E-state index contributed by atoms with van der Waals surface area (Å²) in [6.45, 7) is 3.83. The maximum absolute atomic E-state index is 10.8. The summed E-state index contributed by atoms with van der Waals surface area (Å²) in [6, 6.07) is 9.77. The summed E-state index contributed by atoms with van der Waals surface area (Å²) < 4.78 is 7.30. The number of thioether (sulfide) groups is 1. The number of para-hydroxylation sites is 1. The summed E-state index contributed by atoms with van der Waals surface area (Å²) in [7, 11) is 0. The van der Waals surface area contributed by atoms with Gasteiger partial charge in [0.15, 0.2) is 11.0 Å². The molecule has 0 atom stereocenters. The van der Waals surface area contributed by atoms with Crippen LogP contribution >= 0.6 is 11.8 Å². The molecule has 1 aromatic carbocycles. The van der Waals surface area contributed by atoms with Crippen molar-refractivity contribution in [3.05, 3.63) is 36.2 Å². The number of aromatic nitrogens is 3. The number of rotatable bonds is 6. The molecule has 1 aliphatic rings. The molecule has 8 heteroatoms. The van der Waals surface area contributed by atoms with Gasteiger partial charge in [0.25, 0.3) is 0 Å². The van der Waals surface area contributed by atoms with Gasteiger partial charge in [-0.05, 0) is 12.1 Å². The summed E-state index contributed by atoms with van der Waals surface area (Å²) in [5, 5.41) is 18.0. The largest absolute Gasteiger partial charge is 0.481 e. The maximum atomic E-state index is 10.8. The smallest absolute Gasteiger partial charge is 0.313 e. The fourth-order valence-electron chi connectivity index (χ4n) is 2.42. The van der Waals surface area contributed by atoms with E-state index in [0.717, 1.165) is 37.8 Å². The lowest BCUT2D eigenvalue weighted by Crippen LogP contribution is -2.36. The van der Waals surface area contributed by atoms with Crippen LogP contribution in [0.4, 0.5) is 0 Å². The zero-order valence-electron chi connectivity index (χ0n) is 12.6. The molecule has 2 heterocycles. The highest BCUT2D eigenvalue weighted by atomic mass is 32.2. The lowest BCUT2D eigenvalue weighted by Gasteiger charge is -2.26. The van der Waals surface area contributed by atoms with Crippen molar-refractivity contribution in [1.29, 1.82) is 0 Å². The molecular formula is C15H18N4O3S. The highest BCUT2D eigenvalue weighted by molar-refractivity contribution is 7.99. The van der Waals surface area contributed by atoms with Gasteiger partial charge in [-0.25, -0.2) is 0 Å². The van der Waals surface area contributed by atoms with Gasteiger partial charge in [0, 0.05) is 18.8 Å². The van der Waals surface area contributed by atoms with Gasteiger partial charge in [-0.15, -0.1) is 10.2 Å². The first-order chi connectivity index (χ1) is 11.2. The van der Waals surface area contributed by atoms with Crippen LogP contribution in [0.1, 0.15) is 5.82 Å². The maximum Gasteiger partial charge on any atom is 0.313 e. The van der Waals surface area contributed by atoms with E-state index in [4.69, 9.17) is 9.84 Å². The zero-order valence-corrected chi connectivity index (χ0v) is 13.4. The lowest BCUT2D eigenvalue weighted by atomic mass is 10.3. The van der Waals surface area contributed by atoms with Crippen LogP contribution in [0.15, 0.2) is 35.5 Å². The molecule has 0 unspecified atom stereocenters. The van der Waals surface area contributed by atoms with Crippen molar-refractivity contribution in [3.8, 4) is 5.69 Å². The van der Waals surface area contributed by atoms with E-state index in [1.165, 1.54) is 11.8 Å². The average molecular weight is 334 g/mol. The van der Waals surface area contributed by atoms with Gasteiger partial charge in [0.1, 0.15) is 0 Å². The molecule has 1 saturated heterocycles. The second kappa shape index (κ2) is 7.58. The van der Waals surface area contributed by atoms with E-state index < -0.39 is 5.97 Å². The summed E-state index contributed by atoms with van der Waals surface area (Å²) in [5.41, 5.74) is 0.939. The molecule has 0 saturated carbocycles. The van der Waals surface area contributed by atoms with Crippen molar-refractivity contribution < 1.29 is 14.6 Å². The third kappa shape index (κ3) is 4.10. The summed E-state index contributed by atoms with van der Waals surface area (Å²) in [5.74, 6) is -0.0963. The van der Waals surface area contributed by atoms with Crippen LogP contribution < -0.4 is 0 Å². The van der Waals surface area contributed by atoms with Crippen LogP contribution in [-0.4, -0.2) is 62.8 Å². The van der Waals surface area contributed by atoms with E-state index >= 15 is 0 Å². The number of carbonyl (C=O) groups is 1. The Bertz CT molecular complexity index is 656. The molecule has 3 rings (SSSR count). The highest BCUT2D eigenvalue weighted by Gasteiger charge is 2.19. The van der Waals surface area contributed by atoms with E-state index in [0.29, 0.717) is 11.7 Å². The first-order valence-electron chi connectivity index (χ1n) is 7.38. The minimum atomic E-state index is -0.868. The predicted octanol–water partition coefficient (Wildman–Crippen LogP) is 1.28. The molecule has 0 amide bonds. The topological polar surface area (TPSA) is 80.5 Å². The SMILES string of the molecule is O=C(O)CSc1nnc(CN2CCOCC2)n1-c1ccccc1. The van der Waals surface area contributed by atoms with Crippen LogP contribution in [0.2, 0.25) is 0 Å². The molecule has 7 nitrogen and oxygen atoms in total. The Hall–Kier alpha value is -1.90. The van der Waals surface area contributed by atoms with Crippen molar-refractivity contribution in [2.75, 3.05) is 32.1 Å². The Balaban J connectivity index is 1.87. The highest BCUT2D eigenvalue weighted by Crippen LogP contribution is 2.22. The van der Waals surface area contributed by atoms with E-state index in [1.54, 1.807) is 0 Å². The molecule has 1 N–H and O–H groups in total. The number of nitrogens with zero attached hydrogens (tertiary/aromatic N) is 4. The third-order valence-corrected chi connectivity index (χ3v) is 4.42. The van der Waals surface area contributed by atoms with E-state index in [9.17, 15) is 4.79 Å². The van der Waals surface area contributed by atoms with Crippen molar-refractivity contribution in [1.82, 2.24) is 19.7 Å². The Labute approximate surface area is 138 Å². The Morgan fingerprint density at radius 1 is 1.22 bits per heavy atom. The monoisotopic (exact) mass is 334 g/mol. The Morgan fingerprint density at radius 3 is 2.65 bits per heavy atom. The van der Waals surface area contributed by atoms with Gasteiger partial charge in [-0.1, -0.05) is 30.0 Å². The number of hydrogen-bond acceptors (Lipinski definition) is 6. The molecule has 23 heavy (non-hydrogen) atoms. The third-order valence-electron chi connectivity index (χ3n) is 3.51. The number of carboxylic acids is 1. The first-order valence-corrected chi connectivity index (χ1v) is 8.37. The summed E-state index contributed by atoms with van der Waals surface area (Å²) in [4.78, 5) is 13.1. The molecule has 0 spiro atoms. The Morgan fingerprint density at radius 2 is 1.96 bits per heavy atom. The van der Waals surface area contributed by atoms with Crippen LogP contribution in [0, 0.1) is 0 Å². The van der Waals surface area contributed by atoms with Gasteiger partial charge < -0.3 is 9.84 Å². The fraction of sp³-hybridized carbons (Fsp3) is 0.400. The minimum Gasteiger partial charge on any atom is -0.481 e. The molecule has 0 radical (unpaired) electrons. The number of benzene rings is 1. The fourth-order valence-corrected chi connectivity index (χ4v) is 3.11. The zero-order chi connectivity index (χ0) is 16.1. The quantitative estimate of drug-likeness (QED) is 0.797. The molecule has 1 aromatic heterocycles. The summed E-state index contributed by atoms with van der Waals surface area (Å²) in [6.07, 6.45) is 0. The van der Waals surface area contributed by atoms with E-state index in [1.807, 2.05) is 34.9 Å². The van der Waals surface area contributed by atoms with Crippen LogP contribution in [0.25, 0.3) is 5.69 Å². The number of carboxylic acid groups (broad SMARTS) is 1. The van der Waals surface area contributed by atoms with Gasteiger partial charge in [-0.2, -0.15) is 0 Å². The lowest BCUT2D eigenvalue weighted by molar-refractivity contribution is -0.133. The molecule has 1 aliphatic heterocycles. The molecule has 2 aromatic rings. The van der Waals surface area contributed by atoms with Crippen LogP contribution in [0.5, 0.6) is 0 Å². The van der Waals surface area contributed by atoms with Gasteiger partial charge >= 0.3 is 5.97 Å². The molecule has 0 aliphatic carbocycles. The number of morpholine rings is 1. The summed E-state index contributed by atoms with van der Waals surface area (Å²) >= 11 is 1.18. The molecule has 122 valence electrons. The minimum absolute atomic E-state index is 0.0392. The van der Waals surface area contributed by atoms with Crippen LogP contribution in [0.3, 0.4) is 0 Å². The first kappa shape index (κ1) is 16.0. The molecule has 1 fully saturated rings. The van der Waals surface area contributed by atoms with E-state index in [2.05, 4.69) is 15.1 Å². The predicted molar refractivity (Wildman–Crippen MR) is 85.8 cm³/mol. The van der Waals surface area contributed by atoms with Crippen molar-refractivity contribution >= 4 is 17.7 Å². The molecule has 0 bridgehead atoms. The van der Waals surface area contributed by atoms with Crippen molar-refractivity contribution in [2.24, 2.45) is 0 Å². The standard InChI is InChI=1S/C15H18N4O3S/c20-14(21)11-23-15-17-16-13(10-18-6-8-22-9-7-18)19(15)12-4-2-1-3-5-12/h1-5H,6-11H2,(H,20,21). The van der Waals surface area contributed by atoms with Crippen molar-refractivity contribution in [3.63, 3.8) is 0 Å². The van der Waals surface area contributed by atoms with Gasteiger partial charge in [-0.3, -0.25) is 14.3 Å². The number of ether oxygens (including phenoxy) is 1. The average Bonchev–Trinajstić information content (AvgIpc) is 2.97. The van der Waals surface area contributed by atoms with Crippen LogP contribution in [-0.2, 0) is 16.1 Å². The number of aliphatic carboxylic acids is 1. The van der Waals surface area contributed by atoms with Crippen molar-refractivity contribution in [2.45, 2.75) is 11.7 Å². The second-order valence-electron chi connectivity index (χ2n) is 5.14. The normalized spacial score (nSPS) is 15.7. The van der Waals surface area contributed by atoms with Gasteiger partial charge in [0.05, 0.1) is 25.5 Å². The molecular weight excluding hydrogens is 316 g/mol. The van der Waals surface area contributed by atoms with Gasteiger partial charge in [0.2, 0.25) is 0 Å². The number of hydrogen-bond donors (Lipinski definition) is 1. The Kier molecular flexibility index (Phi) is 5.27. The second-order valence-corrected chi connectivity index (χ2v) is 6.08. The van der Waals surface area contributed by atoms with E-state index in [-0.39, 0.29) is 5.75 Å².